The molecule has 0 saturated carbocycles. The van der Waals surface area contributed by atoms with E-state index >= 15 is 0 Å². The van der Waals surface area contributed by atoms with Crippen LogP contribution in [0.15, 0.2) is 17.5 Å². The van der Waals surface area contributed by atoms with Crippen LogP contribution in [-0.2, 0) is 13.6 Å². The Bertz CT molecular complexity index is 691. The molecular formula is C17H24N4OS. The number of nitrogens with one attached hydrogen (secondary N) is 1. The fourth-order valence-corrected chi connectivity index (χ4v) is 4.03. The highest BCUT2D eigenvalue weighted by atomic mass is 32.1. The second-order valence-electron chi connectivity index (χ2n) is 6.12. The van der Waals surface area contributed by atoms with Gasteiger partial charge in [-0.2, -0.15) is 0 Å². The number of thiazole rings is 1. The van der Waals surface area contributed by atoms with Crippen LogP contribution in [-0.4, -0.2) is 34.0 Å². The molecule has 0 spiro atoms. The van der Waals surface area contributed by atoms with E-state index in [0.717, 1.165) is 35.9 Å². The van der Waals surface area contributed by atoms with Crippen molar-refractivity contribution < 1.29 is 4.79 Å². The molecule has 0 bridgehead atoms. The molecule has 1 aliphatic rings. The van der Waals surface area contributed by atoms with Crippen LogP contribution in [0.5, 0.6) is 0 Å². The maximum absolute atomic E-state index is 12.0. The Balaban J connectivity index is 1.84. The zero-order valence-corrected chi connectivity index (χ0v) is 14.8. The lowest BCUT2D eigenvalue weighted by molar-refractivity contribution is 0.0952. The Morgan fingerprint density at radius 2 is 2.26 bits per heavy atom. The van der Waals surface area contributed by atoms with E-state index in [1.807, 2.05) is 17.7 Å². The molecule has 1 atom stereocenters. The van der Waals surface area contributed by atoms with Crippen molar-refractivity contribution in [2.24, 2.45) is 7.05 Å². The van der Waals surface area contributed by atoms with Crippen molar-refractivity contribution >= 4 is 17.2 Å². The lowest BCUT2D eigenvalue weighted by atomic mass is 9.99. The summed E-state index contributed by atoms with van der Waals surface area (Å²) in [6.07, 6.45) is 3.60. The molecule has 2 aromatic rings. The van der Waals surface area contributed by atoms with Gasteiger partial charge in [0.05, 0.1) is 16.7 Å². The Labute approximate surface area is 141 Å². The molecule has 3 heterocycles. The number of amides is 1. The summed E-state index contributed by atoms with van der Waals surface area (Å²) < 4.78 is 2.04. The van der Waals surface area contributed by atoms with Gasteiger partial charge in [0, 0.05) is 31.7 Å². The van der Waals surface area contributed by atoms with E-state index in [1.54, 1.807) is 18.4 Å². The summed E-state index contributed by atoms with van der Waals surface area (Å²) in [6, 6.07) is 4.38. The molecule has 124 valence electrons. The Morgan fingerprint density at radius 3 is 2.96 bits per heavy atom. The monoisotopic (exact) mass is 332 g/mol. The van der Waals surface area contributed by atoms with Crippen molar-refractivity contribution in [1.82, 2.24) is 19.8 Å². The van der Waals surface area contributed by atoms with Gasteiger partial charge in [0.2, 0.25) is 0 Å². The fourth-order valence-electron chi connectivity index (χ4n) is 3.42. The maximum atomic E-state index is 12.0. The highest BCUT2D eigenvalue weighted by molar-refractivity contribution is 7.09. The van der Waals surface area contributed by atoms with Crippen LogP contribution in [0.2, 0.25) is 0 Å². The number of hydrogen-bond donors (Lipinski definition) is 1. The average Bonchev–Trinajstić information content (AvgIpc) is 3.13. The topological polar surface area (TPSA) is 50.2 Å². The summed E-state index contributed by atoms with van der Waals surface area (Å²) in [6.45, 7) is 4.02. The summed E-state index contributed by atoms with van der Waals surface area (Å²) in [7, 11) is 3.66. The molecule has 1 N–H and O–H groups in total. The van der Waals surface area contributed by atoms with Gasteiger partial charge in [-0.15, -0.1) is 11.3 Å². The first-order valence-electron chi connectivity index (χ1n) is 8.13. The summed E-state index contributed by atoms with van der Waals surface area (Å²) in [4.78, 5) is 19.1. The molecule has 23 heavy (non-hydrogen) atoms. The normalized spacial score (nSPS) is 19.0. The largest absolute Gasteiger partial charge is 0.354 e. The minimum Gasteiger partial charge on any atom is -0.354 e. The second-order valence-corrected chi connectivity index (χ2v) is 7.18. The molecule has 0 unspecified atom stereocenters. The molecule has 1 saturated heterocycles. The third-order valence-electron chi connectivity index (χ3n) is 4.61. The van der Waals surface area contributed by atoms with E-state index in [2.05, 4.69) is 33.6 Å². The van der Waals surface area contributed by atoms with E-state index < -0.39 is 0 Å². The number of hydrogen-bond acceptors (Lipinski definition) is 4. The first-order chi connectivity index (χ1) is 11.1. The highest BCUT2D eigenvalue weighted by Crippen LogP contribution is 2.33. The fraction of sp³-hybridized carbons (Fsp3) is 0.529. The van der Waals surface area contributed by atoms with Crippen LogP contribution in [0, 0.1) is 6.92 Å². The average molecular weight is 332 g/mol. The van der Waals surface area contributed by atoms with Crippen molar-refractivity contribution in [1.29, 1.82) is 0 Å². The van der Waals surface area contributed by atoms with Crippen LogP contribution < -0.4 is 5.32 Å². The van der Waals surface area contributed by atoms with Crippen molar-refractivity contribution in [2.45, 2.75) is 38.8 Å². The number of aryl methyl sites for hydroxylation is 1. The molecule has 1 fully saturated rings. The standard InChI is InChI=1S/C17H24N4OS/c1-12-19-13(11-23-12)10-21-9-5-4-6-15(21)14-7-8-16(20(14)3)17(22)18-2/h7-8,11,15H,4-6,9-10H2,1-3H3,(H,18,22)/t15-/m1/s1. The zero-order valence-electron chi connectivity index (χ0n) is 14.0. The van der Waals surface area contributed by atoms with Gasteiger partial charge in [0.15, 0.2) is 0 Å². The lowest BCUT2D eigenvalue weighted by Crippen LogP contribution is -2.34. The van der Waals surface area contributed by atoms with Crippen LogP contribution in [0.4, 0.5) is 0 Å². The SMILES string of the molecule is CNC(=O)c1ccc([C@H]2CCCCN2Cc2csc(C)n2)n1C. The van der Waals surface area contributed by atoms with E-state index in [-0.39, 0.29) is 5.91 Å². The predicted octanol–water partition coefficient (Wildman–Crippen LogP) is 2.88. The summed E-state index contributed by atoms with van der Waals surface area (Å²) in [5.74, 6) is -0.0313. The smallest absolute Gasteiger partial charge is 0.267 e. The van der Waals surface area contributed by atoms with Crippen LogP contribution in [0.3, 0.4) is 0 Å². The first-order valence-corrected chi connectivity index (χ1v) is 9.01. The Kier molecular flexibility index (Phi) is 4.82. The van der Waals surface area contributed by atoms with Gasteiger partial charge in [0.25, 0.3) is 5.91 Å². The Morgan fingerprint density at radius 1 is 1.43 bits per heavy atom. The molecule has 3 rings (SSSR count). The number of likely N-dealkylation sites (tertiary alicyclic amines) is 1. The van der Waals surface area contributed by atoms with Crippen LogP contribution in [0.1, 0.15) is 52.2 Å². The van der Waals surface area contributed by atoms with Crippen molar-refractivity contribution in [3.8, 4) is 0 Å². The van der Waals surface area contributed by atoms with Gasteiger partial charge in [-0.3, -0.25) is 9.69 Å². The van der Waals surface area contributed by atoms with E-state index in [9.17, 15) is 4.79 Å². The summed E-state index contributed by atoms with van der Waals surface area (Å²) in [5.41, 5.74) is 3.09. The second kappa shape index (κ2) is 6.84. The highest BCUT2D eigenvalue weighted by Gasteiger charge is 2.27. The minimum atomic E-state index is -0.0313. The van der Waals surface area contributed by atoms with Crippen LogP contribution in [0.25, 0.3) is 0 Å². The quantitative estimate of drug-likeness (QED) is 0.936. The number of carbonyl (C=O) groups excluding carboxylic acids is 1. The van der Waals surface area contributed by atoms with Gasteiger partial charge < -0.3 is 9.88 Å². The predicted molar refractivity (Wildman–Crippen MR) is 92.7 cm³/mol. The number of carbonyl (C=O) groups is 1. The molecule has 0 radical (unpaired) electrons. The lowest BCUT2D eigenvalue weighted by Gasteiger charge is -2.35. The Hall–Kier alpha value is -1.66. The minimum absolute atomic E-state index is 0.0313. The molecule has 2 aromatic heterocycles. The maximum Gasteiger partial charge on any atom is 0.267 e. The van der Waals surface area contributed by atoms with Gasteiger partial charge in [-0.05, 0) is 38.4 Å². The molecular weight excluding hydrogens is 308 g/mol. The molecule has 0 aromatic carbocycles. The number of nitrogens with zero attached hydrogens (tertiary/aromatic N) is 3. The van der Waals surface area contributed by atoms with Crippen molar-refractivity contribution in [2.75, 3.05) is 13.6 Å². The van der Waals surface area contributed by atoms with E-state index in [1.165, 1.54) is 18.5 Å². The van der Waals surface area contributed by atoms with Gasteiger partial charge >= 0.3 is 0 Å². The molecule has 6 heteroatoms. The van der Waals surface area contributed by atoms with Crippen LogP contribution >= 0.6 is 11.3 Å². The molecule has 5 nitrogen and oxygen atoms in total. The molecule has 1 aliphatic heterocycles. The number of aromatic nitrogens is 2. The van der Waals surface area contributed by atoms with E-state index in [0.29, 0.717) is 6.04 Å². The summed E-state index contributed by atoms with van der Waals surface area (Å²) in [5, 5.41) is 5.98. The first kappa shape index (κ1) is 16.2. The number of piperidine rings is 1. The van der Waals surface area contributed by atoms with E-state index in [4.69, 9.17) is 0 Å². The van der Waals surface area contributed by atoms with Gasteiger partial charge in [-0.1, -0.05) is 6.42 Å². The summed E-state index contributed by atoms with van der Waals surface area (Å²) >= 11 is 1.71. The van der Waals surface area contributed by atoms with Crippen molar-refractivity contribution in [3.63, 3.8) is 0 Å². The third-order valence-corrected chi connectivity index (χ3v) is 5.43. The zero-order chi connectivity index (χ0) is 16.4. The number of rotatable bonds is 4. The van der Waals surface area contributed by atoms with Gasteiger partial charge in [-0.25, -0.2) is 4.98 Å². The van der Waals surface area contributed by atoms with Crippen molar-refractivity contribution in [3.05, 3.63) is 39.6 Å². The molecule has 1 amide bonds. The van der Waals surface area contributed by atoms with Gasteiger partial charge in [0.1, 0.15) is 5.69 Å². The third kappa shape index (κ3) is 3.33. The molecule has 0 aliphatic carbocycles.